The van der Waals surface area contributed by atoms with Crippen molar-refractivity contribution in [2.45, 2.75) is 38.1 Å². The van der Waals surface area contributed by atoms with Crippen LogP contribution in [0.15, 0.2) is 42.5 Å². The standard InChI is InChI=1S/C19H20N4O5/c24-19(21-14-6-8-15(9-7-14)22(25)26)17-12-16(23(27)28)10-11-18(17)20-13-4-2-1-3-5-13/h6-13,20H,1-5H2,(H,21,24). The average Bonchev–Trinajstić information content (AvgIpc) is 2.69. The Balaban J connectivity index is 1.83. The van der Waals surface area contributed by atoms with Crippen LogP contribution >= 0.6 is 0 Å². The number of hydrogen-bond donors (Lipinski definition) is 2. The van der Waals surface area contributed by atoms with Crippen molar-refractivity contribution in [2.24, 2.45) is 0 Å². The third-order valence-electron chi connectivity index (χ3n) is 4.76. The molecule has 2 aromatic rings. The Morgan fingerprint density at radius 3 is 2.11 bits per heavy atom. The van der Waals surface area contributed by atoms with Crippen molar-refractivity contribution in [1.82, 2.24) is 0 Å². The molecule has 2 N–H and O–H groups in total. The van der Waals surface area contributed by atoms with Crippen molar-refractivity contribution in [3.8, 4) is 0 Å². The maximum absolute atomic E-state index is 12.8. The smallest absolute Gasteiger partial charge is 0.270 e. The van der Waals surface area contributed by atoms with Crippen LogP contribution in [0.25, 0.3) is 0 Å². The number of nitro groups is 2. The van der Waals surface area contributed by atoms with E-state index in [2.05, 4.69) is 10.6 Å². The second kappa shape index (κ2) is 8.47. The minimum absolute atomic E-state index is 0.0898. The molecule has 1 saturated carbocycles. The molecule has 3 rings (SSSR count). The maximum atomic E-state index is 12.8. The summed E-state index contributed by atoms with van der Waals surface area (Å²) in [6.07, 6.45) is 5.37. The van der Waals surface area contributed by atoms with Crippen LogP contribution in [0.5, 0.6) is 0 Å². The van der Waals surface area contributed by atoms with Gasteiger partial charge in [-0.25, -0.2) is 0 Å². The summed E-state index contributed by atoms with van der Waals surface area (Å²) < 4.78 is 0. The van der Waals surface area contributed by atoms with Crippen LogP contribution < -0.4 is 10.6 Å². The molecule has 0 unspecified atom stereocenters. The van der Waals surface area contributed by atoms with Crippen LogP contribution in [0.3, 0.4) is 0 Å². The van der Waals surface area contributed by atoms with Gasteiger partial charge in [-0.3, -0.25) is 25.0 Å². The zero-order valence-corrected chi connectivity index (χ0v) is 15.1. The van der Waals surface area contributed by atoms with E-state index in [0.29, 0.717) is 11.4 Å². The van der Waals surface area contributed by atoms with Gasteiger partial charge < -0.3 is 10.6 Å². The second-order valence-corrected chi connectivity index (χ2v) is 6.72. The van der Waals surface area contributed by atoms with Crippen LogP contribution in [0.4, 0.5) is 22.7 Å². The van der Waals surface area contributed by atoms with E-state index in [1.807, 2.05) is 0 Å². The summed E-state index contributed by atoms with van der Waals surface area (Å²) in [6, 6.07) is 9.79. The highest BCUT2D eigenvalue weighted by Crippen LogP contribution is 2.27. The number of nitrogens with one attached hydrogen (secondary N) is 2. The summed E-state index contributed by atoms with van der Waals surface area (Å²) >= 11 is 0. The molecule has 0 aromatic heterocycles. The molecule has 2 aromatic carbocycles. The summed E-state index contributed by atoms with van der Waals surface area (Å²) in [7, 11) is 0. The Morgan fingerprint density at radius 1 is 0.893 bits per heavy atom. The number of nitrogens with zero attached hydrogens (tertiary/aromatic N) is 2. The van der Waals surface area contributed by atoms with Gasteiger partial charge in [0.2, 0.25) is 0 Å². The van der Waals surface area contributed by atoms with Gasteiger partial charge in [0.05, 0.1) is 15.4 Å². The normalized spacial score (nSPS) is 14.3. The fourth-order valence-electron chi connectivity index (χ4n) is 3.29. The zero-order chi connectivity index (χ0) is 20.1. The molecule has 146 valence electrons. The number of hydrogen-bond acceptors (Lipinski definition) is 6. The first-order chi connectivity index (χ1) is 13.4. The molecule has 0 bridgehead atoms. The van der Waals surface area contributed by atoms with E-state index in [0.717, 1.165) is 25.7 Å². The SMILES string of the molecule is O=C(Nc1ccc([N+](=O)[O-])cc1)c1cc([N+](=O)[O-])ccc1NC1CCCCC1. The summed E-state index contributed by atoms with van der Waals surface area (Å²) in [5.74, 6) is -0.518. The van der Waals surface area contributed by atoms with Crippen molar-refractivity contribution in [1.29, 1.82) is 0 Å². The first kappa shape index (κ1) is 19.3. The van der Waals surface area contributed by atoms with Gasteiger partial charge >= 0.3 is 0 Å². The quantitative estimate of drug-likeness (QED) is 0.557. The van der Waals surface area contributed by atoms with E-state index in [4.69, 9.17) is 0 Å². The number of nitro benzene ring substituents is 2. The van der Waals surface area contributed by atoms with E-state index in [9.17, 15) is 25.0 Å². The van der Waals surface area contributed by atoms with Crippen LogP contribution in [-0.2, 0) is 0 Å². The van der Waals surface area contributed by atoms with Gasteiger partial charge in [0.15, 0.2) is 0 Å². The van der Waals surface area contributed by atoms with Crippen molar-refractivity contribution in [3.63, 3.8) is 0 Å². The Labute approximate surface area is 161 Å². The van der Waals surface area contributed by atoms with Crippen LogP contribution in [-0.4, -0.2) is 21.8 Å². The van der Waals surface area contributed by atoms with Crippen molar-refractivity contribution >= 4 is 28.7 Å². The molecule has 0 aliphatic heterocycles. The molecule has 0 atom stereocenters. The fourth-order valence-corrected chi connectivity index (χ4v) is 3.29. The van der Waals surface area contributed by atoms with Crippen LogP contribution in [0, 0.1) is 20.2 Å². The lowest BCUT2D eigenvalue weighted by atomic mass is 9.95. The topological polar surface area (TPSA) is 127 Å². The Kier molecular flexibility index (Phi) is 5.83. The van der Waals surface area contributed by atoms with Gasteiger partial charge in [0.1, 0.15) is 0 Å². The molecule has 0 radical (unpaired) electrons. The predicted octanol–water partition coefficient (Wildman–Crippen LogP) is 4.50. The lowest BCUT2D eigenvalue weighted by Crippen LogP contribution is -2.24. The van der Waals surface area contributed by atoms with Crippen molar-refractivity contribution < 1.29 is 14.6 Å². The number of non-ortho nitro benzene ring substituents is 2. The highest BCUT2D eigenvalue weighted by atomic mass is 16.6. The first-order valence-corrected chi connectivity index (χ1v) is 9.05. The largest absolute Gasteiger partial charge is 0.382 e. The molecule has 1 amide bonds. The molecule has 1 fully saturated rings. The fraction of sp³-hybridized carbons (Fsp3) is 0.316. The molecule has 0 saturated heterocycles. The van der Waals surface area contributed by atoms with Crippen molar-refractivity contribution in [2.75, 3.05) is 10.6 Å². The van der Waals surface area contributed by atoms with Gasteiger partial charge in [0, 0.05) is 41.7 Å². The number of rotatable bonds is 6. The lowest BCUT2D eigenvalue weighted by Gasteiger charge is -2.25. The molecule has 1 aliphatic carbocycles. The summed E-state index contributed by atoms with van der Waals surface area (Å²) in [6.45, 7) is 0. The minimum atomic E-state index is -0.549. The summed E-state index contributed by atoms with van der Waals surface area (Å²) in [4.78, 5) is 33.5. The van der Waals surface area contributed by atoms with E-state index >= 15 is 0 Å². The second-order valence-electron chi connectivity index (χ2n) is 6.72. The van der Waals surface area contributed by atoms with Gasteiger partial charge in [-0.1, -0.05) is 19.3 Å². The molecular formula is C19H20N4O5. The molecule has 1 aliphatic rings. The van der Waals surface area contributed by atoms with Crippen LogP contribution in [0.1, 0.15) is 42.5 Å². The molecule has 9 heteroatoms. The van der Waals surface area contributed by atoms with Gasteiger partial charge in [0.25, 0.3) is 17.3 Å². The third-order valence-corrected chi connectivity index (χ3v) is 4.76. The average molecular weight is 384 g/mol. The number of carbonyl (C=O) groups is 1. The molecule has 9 nitrogen and oxygen atoms in total. The third kappa shape index (κ3) is 4.61. The van der Waals surface area contributed by atoms with Gasteiger partial charge in [-0.15, -0.1) is 0 Å². The molecule has 28 heavy (non-hydrogen) atoms. The monoisotopic (exact) mass is 384 g/mol. The maximum Gasteiger partial charge on any atom is 0.270 e. The number of carbonyl (C=O) groups excluding carboxylic acids is 1. The predicted molar refractivity (Wildman–Crippen MR) is 105 cm³/mol. The van der Waals surface area contributed by atoms with Gasteiger partial charge in [-0.2, -0.15) is 0 Å². The van der Waals surface area contributed by atoms with E-state index in [-0.39, 0.29) is 23.0 Å². The Morgan fingerprint density at radius 2 is 1.50 bits per heavy atom. The number of anilines is 2. The molecule has 0 spiro atoms. The number of amides is 1. The first-order valence-electron chi connectivity index (χ1n) is 9.05. The molecular weight excluding hydrogens is 364 g/mol. The minimum Gasteiger partial charge on any atom is -0.382 e. The van der Waals surface area contributed by atoms with Gasteiger partial charge in [-0.05, 0) is 31.0 Å². The molecule has 0 heterocycles. The highest BCUT2D eigenvalue weighted by Gasteiger charge is 2.20. The lowest BCUT2D eigenvalue weighted by molar-refractivity contribution is -0.385. The highest BCUT2D eigenvalue weighted by molar-refractivity contribution is 6.08. The Hall–Kier alpha value is -3.49. The summed E-state index contributed by atoms with van der Waals surface area (Å²) in [5.41, 5.74) is 0.803. The van der Waals surface area contributed by atoms with E-state index in [1.54, 1.807) is 6.07 Å². The van der Waals surface area contributed by atoms with Crippen molar-refractivity contribution in [3.05, 3.63) is 68.3 Å². The number of benzene rings is 2. The van der Waals surface area contributed by atoms with E-state index in [1.165, 1.54) is 42.8 Å². The van der Waals surface area contributed by atoms with Crippen LogP contribution in [0.2, 0.25) is 0 Å². The summed E-state index contributed by atoms with van der Waals surface area (Å²) in [5, 5.41) is 27.8. The van der Waals surface area contributed by atoms with E-state index < -0.39 is 15.8 Å². The zero-order valence-electron chi connectivity index (χ0n) is 15.1. The Bertz CT molecular complexity index is 892.